The molecule has 0 aliphatic carbocycles. The van der Waals surface area contributed by atoms with Crippen LogP contribution in [0, 0.1) is 0 Å². The van der Waals surface area contributed by atoms with Gasteiger partial charge in [-0.05, 0) is 44.5 Å². The fraction of sp³-hybridized carbons (Fsp3) is 0.500. The van der Waals surface area contributed by atoms with Gasteiger partial charge in [0, 0.05) is 17.6 Å². The molecule has 0 aliphatic heterocycles. The Balaban J connectivity index is 2.62. The van der Waals surface area contributed by atoms with Crippen LogP contribution in [0.1, 0.15) is 27.2 Å². The number of nitrogens with zero attached hydrogens (tertiary/aromatic N) is 1. The summed E-state index contributed by atoms with van der Waals surface area (Å²) in [5, 5.41) is 0. The molecule has 0 heterocycles. The van der Waals surface area contributed by atoms with Crippen LogP contribution in [-0.4, -0.2) is 30.0 Å². The molecule has 18 heavy (non-hydrogen) atoms. The molecule has 0 aromatic heterocycles. The van der Waals surface area contributed by atoms with E-state index in [1.54, 1.807) is 11.8 Å². The van der Waals surface area contributed by atoms with Crippen LogP contribution in [0.15, 0.2) is 28.7 Å². The molecule has 4 heteroatoms. The van der Waals surface area contributed by atoms with Gasteiger partial charge in [-0.1, -0.05) is 22.9 Å². The summed E-state index contributed by atoms with van der Waals surface area (Å²) in [5.41, 5.74) is 0. The van der Waals surface area contributed by atoms with Crippen molar-refractivity contribution in [2.24, 2.45) is 0 Å². The largest absolute Gasteiger partial charge is 0.481 e. The second kappa shape index (κ2) is 6.78. The molecule has 0 saturated carbocycles. The fourth-order valence-electron chi connectivity index (χ4n) is 1.55. The van der Waals surface area contributed by atoms with Gasteiger partial charge in [0.25, 0.3) is 5.91 Å². The van der Waals surface area contributed by atoms with Crippen molar-refractivity contribution in [3.63, 3.8) is 0 Å². The fourth-order valence-corrected chi connectivity index (χ4v) is 1.81. The lowest BCUT2D eigenvalue weighted by Gasteiger charge is -2.27. The summed E-state index contributed by atoms with van der Waals surface area (Å²) in [6, 6.07) is 7.71. The quantitative estimate of drug-likeness (QED) is 0.833. The molecular weight excluding hydrogens is 294 g/mol. The Morgan fingerprint density at radius 1 is 1.33 bits per heavy atom. The number of halogens is 1. The first-order chi connectivity index (χ1) is 8.45. The van der Waals surface area contributed by atoms with Gasteiger partial charge in [-0.2, -0.15) is 0 Å². The normalized spacial score (nSPS) is 13.8. The molecule has 0 aliphatic rings. The van der Waals surface area contributed by atoms with E-state index < -0.39 is 6.10 Å². The van der Waals surface area contributed by atoms with Crippen LogP contribution in [0.25, 0.3) is 0 Å². The number of carbonyl (C=O) groups is 1. The Morgan fingerprint density at radius 2 is 1.89 bits per heavy atom. The molecule has 0 spiro atoms. The van der Waals surface area contributed by atoms with Gasteiger partial charge in [-0.3, -0.25) is 4.79 Å². The summed E-state index contributed by atoms with van der Waals surface area (Å²) in [6.45, 7) is 5.88. The smallest absolute Gasteiger partial charge is 0.263 e. The summed E-state index contributed by atoms with van der Waals surface area (Å²) in [7, 11) is 1.82. The Labute approximate surface area is 117 Å². The van der Waals surface area contributed by atoms with Crippen LogP contribution in [0.2, 0.25) is 0 Å². The molecule has 0 N–H and O–H groups in total. The number of hydrogen-bond donors (Lipinski definition) is 0. The van der Waals surface area contributed by atoms with Crippen molar-refractivity contribution < 1.29 is 9.53 Å². The van der Waals surface area contributed by atoms with Gasteiger partial charge in [0.05, 0.1) is 0 Å². The standard InChI is InChI=1S/C14H20BrNO2/c1-5-10(2)16(4)14(17)11(3)18-13-8-6-12(15)7-9-13/h6-11H,5H2,1-4H3. The third-order valence-electron chi connectivity index (χ3n) is 3.07. The zero-order chi connectivity index (χ0) is 13.7. The minimum atomic E-state index is -0.467. The first-order valence-electron chi connectivity index (χ1n) is 6.14. The highest BCUT2D eigenvalue weighted by Crippen LogP contribution is 2.18. The van der Waals surface area contributed by atoms with Gasteiger partial charge in [0.15, 0.2) is 6.10 Å². The van der Waals surface area contributed by atoms with Gasteiger partial charge >= 0.3 is 0 Å². The highest BCUT2D eigenvalue weighted by atomic mass is 79.9. The maximum Gasteiger partial charge on any atom is 0.263 e. The molecule has 0 radical (unpaired) electrons. The van der Waals surface area contributed by atoms with Crippen molar-refractivity contribution in [3.8, 4) is 5.75 Å². The number of carbonyl (C=O) groups excluding carboxylic acids is 1. The summed E-state index contributed by atoms with van der Waals surface area (Å²) < 4.78 is 6.63. The summed E-state index contributed by atoms with van der Waals surface area (Å²) in [6.07, 6.45) is 0.470. The molecule has 2 unspecified atom stereocenters. The van der Waals surface area contributed by atoms with Crippen LogP contribution < -0.4 is 4.74 Å². The second-order valence-corrected chi connectivity index (χ2v) is 5.34. The predicted molar refractivity (Wildman–Crippen MR) is 76.8 cm³/mol. The van der Waals surface area contributed by atoms with Crippen molar-refractivity contribution in [1.29, 1.82) is 0 Å². The third kappa shape index (κ3) is 4.02. The van der Waals surface area contributed by atoms with Crippen molar-refractivity contribution >= 4 is 21.8 Å². The van der Waals surface area contributed by atoms with E-state index in [0.717, 1.165) is 10.9 Å². The number of likely N-dealkylation sites (N-methyl/N-ethyl adjacent to an activating group) is 1. The van der Waals surface area contributed by atoms with E-state index in [4.69, 9.17) is 4.74 Å². The first-order valence-corrected chi connectivity index (χ1v) is 6.94. The van der Waals surface area contributed by atoms with Gasteiger partial charge in [-0.15, -0.1) is 0 Å². The number of ether oxygens (including phenoxy) is 1. The molecule has 1 aromatic rings. The zero-order valence-electron chi connectivity index (χ0n) is 11.3. The van der Waals surface area contributed by atoms with E-state index in [1.165, 1.54) is 0 Å². The summed E-state index contributed by atoms with van der Waals surface area (Å²) in [4.78, 5) is 13.8. The molecule has 1 amide bonds. The van der Waals surface area contributed by atoms with Crippen molar-refractivity contribution in [1.82, 2.24) is 4.90 Å². The molecule has 100 valence electrons. The molecule has 1 rings (SSSR count). The zero-order valence-corrected chi connectivity index (χ0v) is 12.9. The number of rotatable bonds is 5. The topological polar surface area (TPSA) is 29.5 Å². The highest BCUT2D eigenvalue weighted by Gasteiger charge is 2.21. The van der Waals surface area contributed by atoms with Crippen LogP contribution >= 0.6 is 15.9 Å². The van der Waals surface area contributed by atoms with E-state index in [-0.39, 0.29) is 11.9 Å². The number of amides is 1. The van der Waals surface area contributed by atoms with Gasteiger partial charge in [-0.25, -0.2) is 0 Å². The van der Waals surface area contributed by atoms with Gasteiger partial charge < -0.3 is 9.64 Å². The Morgan fingerprint density at radius 3 is 2.39 bits per heavy atom. The Bertz CT molecular complexity index is 391. The van der Waals surface area contributed by atoms with Crippen molar-refractivity contribution in [3.05, 3.63) is 28.7 Å². The van der Waals surface area contributed by atoms with E-state index >= 15 is 0 Å². The van der Waals surface area contributed by atoms with Crippen molar-refractivity contribution in [2.45, 2.75) is 39.3 Å². The van der Waals surface area contributed by atoms with Crippen LogP contribution in [0.4, 0.5) is 0 Å². The second-order valence-electron chi connectivity index (χ2n) is 4.42. The van der Waals surface area contributed by atoms with Crippen LogP contribution in [0.5, 0.6) is 5.75 Å². The summed E-state index contributed by atoms with van der Waals surface area (Å²) in [5.74, 6) is 0.712. The average Bonchev–Trinajstić information content (AvgIpc) is 2.38. The maximum absolute atomic E-state index is 12.1. The molecular formula is C14H20BrNO2. The van der Waals surface area contributed by atoms with E-state index in [0.29, 0.717) is 5.75 Å². The highest BCUT2D eigenvalue weighted by molar-refractivity contribution is 9.10. The molecule has 3 nitrogen and oxygen atoms in total. The van der Waals surface area contributed by atoms with E-state index in [2.05, 4.69) is 22.9 Å². The lowest BCUT2D eigenvalue weighted by molar-refractivity contribution is -0.138. The minimum absolute atomic E-state index is 0.00673. The predicted octanol–water partition coefficient (Wildman–Crippen LogP) is 3.47. The van der Waals surface area contributed by atoms with Crippen LogP contribution in [0.3, 0.4) is 0 Å². The minimum Gasteiger partial charge on any atom is -0.481 e. The van der Waals surface area contributed by atoms with Crippen molar-refractivity contribution in [2.75, 3.05) is 7.05 Å². The van der Waals surface area contributed by atoms with Gasteiger partial charge in [0.1, 0.15) is 5.75 Å². The molecule has 0 fully saturated rings. The monoisotopic (exact) mass is 313 g/mol. The summed E-state index contributed by atoms with van der Waals surface area (Å²) >= 11 is 3.36. The van der Waals surface area contributed by atoms with Gasteiger partial charge in [0.2, 0.25) is 0 Å². The van der Waals surface area contributed by atoms with E-state index in [1.807, 2.05) is 38.2 Å². The third-order valence-corrected chi connectivity index (χ3v) is 3.60. The molecule has 1 aromatic carbocycles. The lowest BCUT2D eigenvalue weighted by Crippen LogP contribution is -2.42. The number of hydrogen-bond acceptors (Lipinski definition) is 2. The molecule has 0 bridgehead atoms. The number of benzene rings is 1. The maximum atomic E-state index is 12.1. The van der Waals surface area contributed by atoms with Crippen LogP contribution in [-0.2, 0) is 4.79 Å². The average molecular weight is 314 g/mol. The SMILES string of the molecule is CCC(C)N(C)C(=O)C(C)Oc1ccc(Br)cc1. The van der Waals surface area contributed by atoms with E-state index in [9.17, 15) is 4.79 Å². The first kappa shape index (κ1) is 15.0. The Hall–Kier alpha value is -1.03. The Kier molecular flexibility index (Phi) is 5.66. The molecule has 2 atom stereocenters. The lowest BCUT2D eigenvalue weighted by atomic mass is 10.2. The molecule has 0 saturated heterocycles.